The Kier molecular flexibility index (Phi) is 36.0. The lowest BCUT2D eigenvalue weighted by molar-refractivity contribution is 1.48. The Balaban J connectivity index is -0.000000121. The maximum atomic E-state index is 3.69. The SMILES string of the molecule is C=CC(=C/C)/C(C=C)=C\C.CC.CC.CC.Cc1ccccc1. The van der Waals surface area contributed by atoms with E-state index >= 15 is 0 Å². The molecule has 0 aliphatic heterocycles. The quantitative estimate of drug-likeness (QED) is 0.492. The molecule has 0 atom stereocenters. The van der Waals surface area contributed by atoms with Crippen molar-refractivity contribution < 1.29 is 0 Å². The van der Waals surface area contributed by atoms with E-state index in [9.17, 15) is 0 Å². The molecule has 0 heteroatoms. The average molecular weight is 317 g/mol. The van der Waals surface area contributed by atoms with Crippen LogP contribution in [0.1, 0.15) is 61.0 Å². The summed E-state index contributed by atoms with van der Waals surface area (Å²) in [7, 11) is 0. The van der Waals surface area contributed by atoms with Gasteiger partial charge in [-0.25, -0.2) is 0 Å². The Labute approximate surface area is 147 Å². The van der Waals surface area contributed by atoms with Gasteiger partial charge in [-0.3, -0.25) is 0 Å². The molecule has 0 nitrogen and oxygen atoms in total. The van der Waals surface area contributed by atoms with Crippen molar-refractivity contribution in [2.75, 3.05) is 0 Å². The van der Waals surface area contributed by atoms with Crippen LogP contribution in [0.25, 0.3) is 0 Å². The fourth-order valence-corrected chi connectivity index (χ4v) is 1.34. The summed E-state index contributed by atoms with van der Waals surface area (Å²) in [5.74, 6) is 0. The van der Waals surface area contributed by atoms with E-state index in [0.29, 0.717) is 0 Å². The Hall–Kier alpha value is -1.82. The highest BCUT2D eigenvalue weighted by atomic mass is 14.0. The summed E-state index contributed by atoms with van der Waals surface area (Å²) < 4.78 is 0. The van der Waals surface area contributed by atoms with Gasteiger partial charge in [0.15, 0.2) is 0 Å². The van der Waals surface area contributed by atoms with Crippen molar-refractivity contribution in [1.29, 1.82) is 0 Å². The molecule has 0 saturated carbocycles. The molecule has 1 aromatic carbocycles. The first kappa shape index (κ1) is 29.2. The van der Waals surface area contributed by atoms with Gasteiger partial charge in [-0.15, -0.1) is 0 Å². The second-order valence-electron chi connectivity index (χ2n) is 3.55. The topological polar surface area (TPSA) is 0 Å². The first-order chi connectivity index (χ1) is 11.2. The first-order valence-corrected chi connectivity index (χ1v) is 8.79. The molecule has 23 heavy (non-hydrogen) atoms. The van der Waals surface area contributed by atoms with E-state index < -0.39 is 0 Å². The molecule has 0 aliphatic rings. The van der Waals surface area contributed by atoms with Gasteiger partial charge in [-0.1, -0.05) is 115 Å². The van der Waals surface area contributed by atoms with Crippen LogP contribution in [0.5, 0.6) is 0 Å². The molecule has 0 N–H and O–H groups in total. The summed E-state index contributed by atoms with van der Waals surface area (Å²) in [6, 6.07) is 10.3. The largest absolute Gasteiger partial charge is 0.0985 e. The predicted molar refractivity (Wildman–Crippen MR) is 113 cm³/mol. The predicted octanol–water partition coefficient (Wildman–Crippen LogP) is 8.32. The molecule has 132 valence electrons. The molecule has 0 radical (unpaired) electrons. The van der Waals surface area contributed by atoms with E-state index in [1.165, 1.54) is 5.56 Å². The molecule has 0 aromatic heterocycles. The van der Waals surface area contributed by atoms with E-state index in [2.05, 4.69) is 32.2 Å². The summed E-state index contributed by atoms with van der Waals surface area (Å²) in [5.41, 5.74) is 3.59. The number of aryl methyl sites for hydroxylation is 1. The van der Waals surface area contributed by atoms with Crippen LogP contribution in [0.3, 0.4) is 0 Å². The molecular formula is C23H40. The van der Waals surface area contributed by atoms with E-state index in [1.54, 1.807) is 0 Å². The van der Waals surface area contributed by atoms with Gasteiger partial charge in [0.1, 0.15) is 0 Å². The number of benzene rings is 1. The summed E-state index contributed by atoms with van der Waals surface area (Å²) in [6.45, 7) is 25.4. The number of allylic oxidation sites excluding steroid dienone is 6. The van der Waals surface area contributed by atoms with Crippen LogP contribution in [-0.4, -0.2) is 0 Å². The maximum Gasteiger partial charge on any atom is -0.0236 e. The lowest BCUT2D eigenvalue weighted by Crippen LogP contribution is -1.79. The fraction of sp³-hybridized carbons (Fsp3) is 0.391. The second-order valence-corrected chi connectivity index (χ2v) is 3.55. The Bertz CT molecular complexity index is 369. The normalized spacial score (nSPS) is 9.09. The zero-order valence-electron chi connectivity index (χ0n) is 17.1. The van der Waals surface area contributed by atoms with Crippen LogP contribution >= 0.6 is 0 Å². The minimum Gasteiger partial charge on any atom is -0.0985 e. The van der Waals surface area contributed by atoms with E-state index in [4.69, 9.17) is 0 Å². The average Bonchev–Trinajstić information content (AvgIpc) is 2.65. The maximum absolute atomic E-state index is 3.69. The van der Waals surface area contributed by atoms with Gasteiger partial charge >= 0.3 is 0 Å². The summed E-state index contributed by atoms with van der Waals surface area (Å²) in [4.78, 5) is 0. The van der Waals surface area contributed by atoms with Gasteiger partial charge in [0.2, 0.25) is 0 Å². The lowest BCUT2D eigenvalue weighted by Gasteiger charge is -1.98. The lowest BCUT2D eigenvalue weighted by atomic mass is 10.1. The molecule has 0 aliphatic carbocycles. The zero-order valence-corrected chi connectivity index (χ0v) is 17.1. The number of hydrogen-bond acceptors (Lipinski definition) is 0. The summed E-state index contributed by atoms with van der Waals surface area (Å²) in [6.07, 6.45) is 7.70. The third-order valence-corrected chi connectivity index (χ3v) is 2.34. The number of hydrogen-bond donors (Lipinski definition) is 0. The monoisotopic (exact) mass is 316 g/mol. The minimum absolute atomic E-state index is 1.14. The van der Waals surface area contributed by atoms with Gasteiger partial charge in [-0.2, -0.15) is 0 Å². The van der Waals surface area contributed by atoms with Crippen LogP contribution in [0.15, 0.2) is 78.9 Å². The van der Waals surface area contributed by atoms with Crippen molar-refractivity contribution in [3.63, 3.8) is 0 Å². The highest BCUT2D eigenvalue weighted by Crippen LogP contribution is 2.10. The van der Waals surface area contributed by atoms with Gasteiger partial charge in [0, 0.05) is 0 Å². The van der Waals surface area contributed by atoms with Gasteiger partial charge in [0.05, 0.1) is 0 Å². The minimum atomic E-state index is 1.14. The van der Waals surface area contributed by atoms with E-state index in [-0.39, 0.29) is 0 Å². The van der Waals surface area contributed by atoms with Gasteiger partial charge in [0.25, 0.3) is 0 Å². The summed E-state index contributed by atoms with van der Waals surface area (Å²) >= 11 is 0. The molecule has 0 bridgehead atoms. The molecule has 0 heterocycles. The Morgan fingerprint density at radius 3 is 1.13 bits per heavy atom. The molecule has 0 fully saturated rings. The van der Waals surface area contributed by atoms with Crippen LogP contribution in [-0.2, 0) is 0 Å². The van der Waals surface area contributed by atoms with E-state index in [0.717, 1.165) is 11.1 Å². The molecule has 0 amide bonds. The smallest absolute Gasteiger partial charge is 0.0236 e. The van der Waals surface area contributed by atoms with Crippen molar-refractivity contribution in [1.82, 2.24) is 0 Å². The molecule has 1 aromatic rings. The van der Waals surface area contributed by atoms with Gasteiger partial charge < -0.3 is 0 Å². The highest BCUT2D eigenvalue weighted by molar-refractivity contribution is 5.44. The molecule has 0 unspecified atom stereocenters. The zero-order chi connectivity index (χ0) is 19.1. The van der Waals surface area contributed by atoms with Crippen LogP contribution in [0.4, 0.5) is 0 Å². The molecule has 0 spiro atoms. The van der Waals surface area contributed by atoms with Crippen LogP contribution in [0.2, 0.25) is 0 Å². The Morgan fingerprint density at radius 2 is 1.00 bits per heavy atom. The standard InChI is InChI=1S/C10H14.C7H8.3C2H6/c1-5-9(6-2)10(7-3)8-4;1-7-5-3-2-4-6-7;3*1-2/h5-8H,1,3H2,2,4H3;2-6H,1H3;3*1-2H3/b9-6-,10-8-;;;;. The van der Waals surface area contributed by atoms with Gasteiger partial charge in [-0.05, 0) is 31.9 Å². The Morgan fingerprint density at radius 1 is 0.696 bits per heavy atom. The molecule has 0 saturated heterocycles. The van der Waals surface area contributed by atoms with Crippen LogP contribution in [0, 0.1) is 6.92 Å². The van der Waals surface area contributed by atoms with E-state index in [1.807, 2.05) is 97.9 Å². The number of rotatable bonds is 3. The van der Waals surface area contributed by atoms with Crippen LogP contribution < -0.4 is 0 Å². The fourth-order valence-electron chi connectivity index (χ4n) is 1.34. The third-order valence-electron chi connectivity index (χ3n) is 2.34. The van der Waals surface area contributed by atoms with Crippen molar-refractivity contribution in [2.24, 2.45) is 0 Å². The second kappa shape index (κ2) is 28.4. The molecular weight excluding hydrogens is 276 g/mol. The molecule has 1 rings (SSSR count). The van der Waals surface area contributed by atoms with Crippen molar-refractivity contribution in [2.45, 2.75) is 62.3 Å². The van der Waals surface area contributed by atoms with Crippen molar-refractivity contribution in [3.8, 4) is 0 Å². The van der Waals surface area contributed by atoms with Crippen molar-refractivity contribution >= 4 is 0 Å². The summed E-state index contributed by atoms with van der Waals surface area (Å²) in [5, 5.41) is 0. The first-order valence-electron chi connectivity index (χ1n) is 8.79. The van der Waals surface area contributed by atoms with Crippen molar-refractivity contribution in [3.05, 3.63) is 84.5 Å². The highest BCUT2D eigenvalue weighted by Gasteiger charge is 1.91. The third kappa shape index (κ3) is 20.2.